The molecule has 108 valence electrons. The van der Waals surface area contributed by atoms with Crippen LogP contribution in [0.2, 0.25) is 0 Å². The van der Waals surface area contributed by atoms with Crippen LogP contribution in [-0.4, -0.2) is 20.3 Å². The maximum atomic E-state index is 4.75. The van der Waals surface area contributed by atoms with Crippen LogP contribution in [0.3, 0.4) is 0 Å². The normalized spacial score (nSPS) is 11.3. The fraction of sp³-hybridized carbons (Fsp3) is 0.111. The number of nitrogens with zero attached hydrogens (tertiary/aromatic N) is 3. The van der Waals surface area contributed by atoms with Crippen molar-refractivity contribution in [1.29, 1.82) is 0 Å². The quantitative estimate of drug-likeness (QED) is 0.515. The van der Waals surface area contributed by atoms with Gasteiger partial charge in [0.15, 0.2) is 10.8 Å². The molecule has 0 spiro atoms. The van der Waals surface area contributed by atoms with Crippen LogP contribution in [0, 0.1) is 0 Å². The Balaban J connectivity index is 2.09. The maximum Gasteiger partial charge on any atom is 0.174 e. The molecule has 0 atom stereocenters. The Bertz CT molecular complexity index is 954. The summed E-state index contributed by atoms with van der Waals surface area (Å²) in [6, 6.07) is 18.7. The van der Waals surface area contributed by atoms with Crippen LogP contribution in [0.25, 0.3) is 27.6 Å². The topological polar surface area (TPSA) is 30.7 Å². The number of imidazole rings is 1. The number of aromatic nitrogens is 3. The minimum atomic E-state index is 0.912. The van der Waals surface area contributed by atoms with E-state index in [0.717, 1.165) is 27.8 Å². The minimum Gasteiger partial charge on any atom is -0.271 e. The van der Waals surface area contributed by atoms with E-state index < -0.39 is 0 Å². The summed E-state index contributed by atoms with van der Waals surface area (Å²) in [6.07, 6.45) is 1.83. The lowest BCUT2D eigenvalue weighted by atomic mass is 10.1. The van der Waals surface area contributed by atoms with Crippen molar-refractivity contribution in [2.75, 3.05) is 5.75 Å². The predicted molar refractivity (Wildman–Crippen MR) is 92.8 cm³/mol. The Kier molecular flexibility index (Phi) is 3.31. The first-order chi connectivity index (χ1) is 10.9. The fourth-order valence-corrected chi connectivity index (χ4v) is 3.47. The zero-order valence-electron chi connectivity index (χ0n) is 12.2. The molecule has 0 saturated carbocycles. The van der Waals surface area contributed by atoms with E-state index in [9.17, 15) is 0 Å². The largest absolute Gasteiger partial charge is 0.271 e. The van der Waals surface area contributed by atoms with Crippen molar-refractivity contribution in [2.45, 2.75) is 12.1 Å². The van der Waals surface area contributed by atoms with E-state index >= 15 is 0 Å². The van der Waals surface area contributed by atoms with Gasteiger partial charge in [0.25, 0.3) is 0 Å². The van der Waals surface area contributed by atoms with E-state index in [1.165, 1.54) is 10.8 Å². The number of hydrogen-bond donors (Lipinski definition) is 0. The molecule has 0 saturated heterocycles. The van der Waals surface area contributed by atoms with E-state index in [1.54, 1.807) is 11.8 Å². The Hall–Kier alpha value is -2.33. The number of benzene rings is 2. The molecule has 0 aliphatic carbocycles. The zero-order valence-corrected chi connectivity index (χ0v) is 13.0. The summed E-state index contributed by atoms with van der Waals surface area (Å²) < 4.78 is 2.17. The summed E-state index contributed by atoms with van der Waals surface area (Å²) in [5, 5.41) is 3.44. The van der Waals surface area contributed by atoms with Crippen LogP contribution in [0.1, 0.15) is 6.92 Å². The van der Waals surface area contributed by atoms with Crippen LogP contribution in [0.15, 0.2) is 66.0 Å². The lowest BCUT2D eigenvalue weighted by Crippen LogP contribution is -1.98. The highest BCUT2D eigenvalue weighted by Crippen LogP contribution is 2.30. The molecule has 0 unspecified atom stereocenters. The first kappa shape index (κ1) is 13.3. The lowest BCUT2D eigenvalue weighted by Gasteiger charge is -2.11. The molecule has 0 aliphatic heterocycles. The van der Waals surface area contributed by atoms with Gasteiger partial charge in [-0.25, -0.2) is 9.97 Å². The van der Waals surface area contributed by atoms with Crippen molar-refractivity contribution >= 4 is 33.7 Å². The van der Waals surface area contributed by atoms with E-state index in [0.29, 0.717) is 0 Å². The Morgan fingerprint density at radius 3 is 2.77 bits per heavy atom. The minimum absolute atomic E-state index is 0.912. The van der Waals surface area contributed by atoms with E-state index in [1.807, 2.05) is 18.3 Å². The average molecular weight is 305 g/mol. The highest BCUT2D eigenvalue weighted by atomic mass is 32.2. The third-order valence-corrected chi connectivity index (χ3v) is 4.49. The standard InChI is InChI=1S/C18H15N3S/c1-2-22-18-20-15-10-6-12-19-17(15)21(18)16-11-5-8-13-7-3-4-9-14(13)16/h3-12H,2H2,1H3. The summed E-state index contributed by atoms with van der Waals surface area (Å²) >= 11 is 1.74. The molecular formula is C18H15N3S. The van der Waals surface area contributed by atoms with Gasteiger partial charge in [-0.2, -0.15) is 0 Å². The van der Waals surface area contributed by atoms with Gasteiger partial charge in [0.05, 0.1) is 5.69 Å². The van der Waals surface area contributed by atoms with Gasteiger partial charge in [-0.15, -0.1) is 0 Å². The SMILES string of the molecule is CCSc1nc2cccnc2n1-c1cccc2ccccc12. The van der Waals surface area contributed by atoms with Gasteiger partial charge < -0.3 is 0 Å². The number of thioether (sulfide) groups is 1. The monoisotopic (exact) mass is 305 g/mol. The Morgan fingerprint density at radius 2 is 1.86 bits per heavy atom. The van der Waals surface area contributed by atoms with Crippen molar-refractivity contribution in [1.82, 2.24) is 14.5 Å². The van der Waals surface area contributed by atoms with Gasteiger partial charge >= 0.3 is 0 Å². The molecule has 3 nitrogen and oxygen atoms in total. The van der Waals surface area contributed by atoms with Gasteiger partial charge in [0.1, 0.15) is 5.52 Å². The molecule has 22 heavy (non-hydrogen) atoms. The first-order valence-electron chi connectivity index (χ1n) is 7.33. The van der Waals surface area contributed by atoms with Crippen LogP contribution in [-0.2, 0) is 0 Å². The van der Waals surface area contributed by atoms with Crippen LogP contribution < -0.4 is 0 Å². The highest BCUT2D eigenvalue weighted by Gasteiger charge is 2.14. The molecule has 2 aromatic heterocycles. The average Bonchev–Trinajstić information content (AvgIpc) is 2.92. The van der Waals surface area contributed by atoms with Gasteiger partial charge in [-0.3, -0.25) is 4.57 Å². The van der Waals surface area contributed by atoms with Gasteiger partial charge in [0.2, 0.25) is 0 Å². The molecule has 0 bridgehead atoms. The number of rotatable bonds is 3. The van der Waals surface area contributed by atoms with E-state index in [2.05, 4.69) is 58.9 Å². The van der Waals surface area contributed by atoms with Crippen molar-refractivity contribution in [3.63, 3.8) is 0 Å². The first-order valence-corrected chi connectivity index (χ1v) is 8.31. The third-order valence-electron chi connectivity index (χ3n) is 3.67. The second kappa shape index (κ2) is 5.46. The molecule has 2 aromatic carbocycles. The number of fused-ring (bicyclic) bond motifs is 2. The number of pyridine rings is 1. The summed E-state index contributed by atoms with van der Waals surface area (Å²) in [4.78, 5) is 9.30. The highest BCUT2D eigenvalue weighted by molar-refractivity contribution is 7.99. The molecule has 4 aromatic rings. The van der Waals surface area contributed by atoms with Gasteiger partial charge in [-0.1, -0.05) is 55.1 Å². The van der Waals surface area contributed by atoms with Crippen molar-refractivity contribution < 1.29 is 0 Å². The van der Waals surface area contributed by atoms with Crippen LogP contribution in [0.4, 0.5) is 0 Å². The van der Waals surface area contributed by atoms with E-state index in [-0.39, 0.29) is 0 Å². The smallest absolute Gasteiger partial charge is 0.174 e. The van der Waals surface area contributed by atoms with Crippen LogP contribution in [0.5, 0.6) is 0 Å². The predicted octanol–water partition coefficient (Wildman–Crippen LogP) is 4.69. The van der Waals surface area contributed by atoms with Crippen molar-refractivity contribution in [3.8, 4) is 5.69 Å². The second-order valence-electron chi connectivity index (χ2n) is 5.01. The fourth-order valence-electron chi connectivity index (χ4n) is 2.74. The van der Waals surface area contributed by atoms with Gasteiger partial charge in [-0.05, 0) is 29.3 Å². The molecule has 4 rings (SSSR count). The van der Waals surface area contributed by atoms with Crippen molar-refractivity contribution in [2.24, 2.45) is 0 Å². The molecule has 0 amide bonds. The third kappa shape index (κ3) is 2.07. The molecule has 0 radical (unpaired) electrons. The molecule has 2 heterocycles. The molecule has 0 aliphatic rings. The summed E-state index contributed by atoms with van der Waals surface area (Å²) in [7, 11) is 0. The Labute approximate surface area is 133 Å². The summed E-state index contributed by atoms with van der Waals surface area (Å²) in [6.45, 7) is 2.14. The second-order valence-corrected chi connectivity index (χ2v) is 6.24. The van der Waals surface area contributed by atoms with Gasteiger partial charge in [0, 0.05) is 11.6 Å². The zero-order chi connectivity index (χ0) is 14.9. The molecule has 0 N–H and O–H groups in total. The van der Waals surface area contributed by atoms with E-state index in [4.69, 9.17) is 4.98 Å². The maximum absolute atomic E-state index is 4.75. The molecular weight excluding hydrogens is 290 g/mol. The molecule has 4 heteroatoms. The van der Waals surface area contributed by atoms with Crippen molar-refractivity contribution in [3.05, 3.63) is 60.8 Å². The molecule has 0 fully saturated rings. The summed E-state index contributed by atoms with van der Waals surface area (Å²) in [5.41, 5.74) is 2.98. The van der Waals surface area contributed by atoms with Crippen LogP contribution >= 0.6 is 11.8 Å². The lowest BCUT2D eigenvalue weighted by molar-refractivity contribution is 0.916. The number of hydrogen-bond acceptors (Lipinski definition) is 3. The summed E-state index contributed by atoms with van der Waals surface area (Å²) in [5.74, 6) is 0.980. The Morgan fingerprint density at radius 1 is 1.00 bits per heavy atom.